The van der Waals surface area contributed by atoms with Crippen molar-refractivity contribution in [2.45, 2.75) is 25.2 Å². The van der Waals surface area contributed by atoms with Gasteiger partial charge in [-0.05, 0) is 12.1 Å². The molecule has 118 valence electrons. The second kappa shape index (κ2) is 7.22. The third kappa shape index (κ3) is 5.62. The molecule has 1 N–H and O–H groups in total. The van der Waals surface area contributed by atoms with Crippen molar-refractivity contribution in [3.05, 3.63) is 24.2 Å². The van der Waals surface area contributed by atoms with Crippen LogP contribution in [0, 0.1) is 0 Å². The minimum atomic E-state index is -4.42. The van der Waals surface area contributed by atoms with E-state index in [0.29, 0.717) is 5.76 Å². The molecule has 4 nitrogen and oxygen atoms in total. The Morgan fingerprint density at radius 1 is 1.52 bits per heavy atom. The third-order valence-electron chi connectivity index (χ3n) is 3.07. The number of rotatable bonds is 5. The van der Waals surface area contributed by atoms with Crippen molar-refractivity contribution in [3.63, 3.8) is 0 Å². The quantitative estimate of drug-likeness (QED) is 0.903. The van der Waals surface area contributed by atoms with Gasteiger partial charge in [0.15, 0.2) is 0 Å². The summed E-state index contributed by atoms with van der Waals surface area (Å²) >= 11 is 1.70. The van der Waals surface area contributed by atoms with Gasteiger partial charge in [0.25, 0.3) is 0 Å². The monoisotopic (exact) mass is 322 g/mol. The molecular weight excluding hydrogens is 305 g/mol. The molecule has 1 aliphatic heterocycles. The SMILES string of the molecule is O=C(CC1CSCCN1)N(Cc1ccco1)CC(F)(F)F. The number of nitrogens with one attached hydrogen (secondary N) is 1. The highest BCUT2D eigenvalue weighted by molar-refractivity contribution is 7.99. The topological polar surface area (TPSA) is 45.5 Å². The maximum Gasteiger partial charge on any atom is 0.406 e. The van der Waals surface area contributed by atoms with Crippen LogP contribution in [0.4, 0.5) is 13.2 Å². The van der Waals surface area contributed by atoms with Crippen molar-refractivity contribution in [1.82, 2.24) is 10.2 Å². The lowest BCUT2D eigenvalue weighted by Crippen LogP contribution is -2.44. The first-order chi connectivity index (χ1) is 9.94. The molecule has 21 heavy (non-hydrogen) atoms. The molecule has 1 amide bonds. The first kappa shape index (κ1) is 16.2. The average Bonchev–Trinajstić information content (AvgIpc) is 2.90. The molecule has 0 bridgehead atoms. The maximum absolute atomic E-state index is 12.6. The summed E-state index contributed by atoms with van der Waals surface area (Å²) in [4.78, 5) is 13.0. The average molecular weight is 322 g/mol. The normalized spacial score (nSPS) is 19.5. The Bertz CT molecular complexity index is 445. The molecule has 8 heteroatoms. The summed E-state index contributed by atoms with van der Waals surface area (Å²) in [6, 6.07) is 3.08. The van der Waals surface area contributed by atoms with Crippen LogP contribution < -0.4 is 5.32 Å². The summed E-state index contributed by atoms with van der Waals surface area (Å²) in [5.74, 6) is 1.54. The van der Waals surface area contributed by atoms with E-state index < -0.39 is 18.6 Å². The predicted octanol–water partition coefficient (Wildman–Crippen LogP) is 2.27. The van der Waals surface area contributed by atoms with Gasteiger partial charge in [-0.1, -0.05) is 0 Å². The fourth-order valence-corrected chi connectivity index (χ4v) is 3.08. The Balaban J connectivity index is 1.97. The zero-order valence-electron chi connectivity index (χ0n) is 11.4. The van der Waals surface area contributed by atoms with Gasteiger partial charge >= 0.3 is 6.18 Å². The van der Waals surface area contributed by atoms with Gasteiger partial charge < -0.3 is 14.6 Å². The molecule has 1 fully saturated rings. The highest BCUT2D eigenvalue weighted by Gasteiger charge is 2.34. The Hall–Kier alpha value is -1.15. The second-order valence-electron chi connectivity index (χ2n) is 4.87. The molecule has 2 heterocycles. The number of alkyl halides is 3. The van der Waals surface area contributed by atoms with E-state index in [9.17, 15) is 18.0 Å². The summed E-state index contributed by atoms with van der Waals surface area (Å²) < 4.78 is 42.9. The molecule has 0 aromatic carbocycles. The highest BCUT2D eigenvalue weighted by Crippen LogP contribution is 2.20. The lowest BCUT2D eigenvalue weighted by atomic mass is 10.2. The van der Waals surface area contributed by atoms with Crippen LogP contribution in [0.5, 0.6) is 0 Å². The number of nitrogens with zero attached hydrogens (tertiary/aromatic N) is 1. The number of hydrogen-bond acceptors (Lipinski definition) is 4. The summed E-state index contributed by atoms with van der Waals surface area (Å²) in [5.41, 5.74) is 0. The highest BCUT2D eigenvalue weighted by atomic mass is 32.2. The van der Waals surface area contributed by atoms with Crippen molar-refractivity contribution >= 4 is 17.7 Å². The van der Waals surface area contributed by atoms with E-state index >= 15 is 0 Å². The van der Waals surface area contributed by atoms with E-state index in [4.69, 9.17) is 4.42 Å². The van der Waals surface area contributed by atoms with Gasteiger partial charge in [0, 0.05) is 30.5 Å². The van der Waals surface area contributed by atoms with Gasteiger partial charge in [0.05, 0.1) is 12.8 Å². The number of halogens is 3. The van der Waals surface area contributed by atoms with E-state index in [2.05, 4.69) is 5.32 Å². The first-order valence-corrected chi connectivity index (χ1v) is 7.77. The first-order valence-electron chi connectivity index (χ1n) is 6.62. The Morgan fingerprint density at radius 3 is 2.90 bits per heavy atom. The number of hydrogen-bond donors (Lipinski definition) is 1. The van der Waals surface area contributed by atoms with Crippen LogP contribution in [-0.4, -0.2) is 47.6 Å². The van der Waals surface area contributed by atoms with Gasteiger partial charge in [-0.25, -0.2) is 0 Å². The maximum atomic E-state index is 12.6. The van der Waals surface area contributed by atoms with Gasteiger partial charge in [-0.2, -0.15) is 24.9 Å². The van der Waals surface area contributed by atoms with Crippen molar-refractivity contribution in [2.24, 2.45) is 0 Å². The van der Waals surface area contributed by atoms with Crippen molar-refractivity contribution < 1.29 is 22.4 Å². The van der Waals surface area contributed by atoms with E-state index in [1.165, 1.54) is 6.26 Å². The number of thioether (sulfide) groups is 1. The Kier molecular flexibility index (Phi) is 5.58. The van der Waals surface area contributed by atoms with Crippen molar-refractivity contribution in [1.29, 1.82) is 0 Å². The zero-order chi connectivity index (χ0) is 15.3. The fourth-order valence-electron chi connectivity index (χ4n) is 2.13. The lowest BCUT2D eigenvalue weighted by Gasteiger charge is -2.27. The van der Waals surface area contributed by atoms with Gasteiger partial charge in [-0.3, -0.25) is 4.79 Å². The van der Waals surface area contributed by atoms with Crippen LogP contribution in [0.2, 0.25) is 0 Å². The summed E-state index contributed by atoms with van der Waals surface area (Å²) in [5, 5.41) is 3.15. The van der Waals surface area contributed by atoms with E-state index in [-0.39, 0.29) is 19.0 Å². The fraction of sp³-hybridized carbons (Fsp3) is 0.615. The van der Waals surface area contributed by atoms with Gasteiger partial charge in [0.2, 0.25) is 5.91 Å². The van der Waals surface area contributed by atoms with Gasteiger partial charge in [-0.15, -0.1) is 0 Å². The minimum absolute atomic E-state index is 0.0661. The number of carbonyl (C=O) groups excluding carboxylic acids is 1. The lowest BCUT2D eigenvalue weighted by molar-refractivity contribution is -0.163. The number of furan rings is 1. The largest absolute Gasteiger partial charge is 0.467 e. The van der Waals surface area contributed by atoms with E-state index in [0.717, 1.165) is 23.0 Å². The van der Waals surface area contributed by atoms with Gasteiger partial charge in [0.1, 0.15) is 12.3 Å². The molecule has 1 unspecified atom stereocenters. The molecule has 1 aromatic heterocycles. The molecule has 0 saturated carbocycles. The molecule has 1 saturated heterocycles. The van der Waals surface area contributed by atoms with Crippen LogP contribution in [0.1, 0.15) is 12.2 Å². The molecule has 1 atom stereocenters. The molecule has 0 aliphatic carbocycles. The molecule has 0 radical (unpaired) electrons. The van der Waals surface area contributed by atoms with E-state index in [1.54, 1.807) is 23.9 Å². The van der Waals surface area contributed by atoms with Crippen molar-refractivity contribution in [3.8, 4) is 0 Å². The smallest absolute Gasteiger partial charge is 0.406 e. The number of amides is 1. The predicted molar refractivity (Wildman–Crippen MR) is 73.9 cm³/mol. The molecule has 1 aromatic rings. The molecule has 2 rings (SSSR count). The number of carbonyl (C=O) groups is 1. The summed E-state index contributed by atoms with van der Waals surface area (Å²) in [6.07, 6.45) is -2.97. The molecular formula is C13H17F3N2O2S. The second-order valence-corrected chi connectivity index (χ2v) is 6.02. The summed E-state index contributed by atoms with van der Waals surface area (Å²) in [7, 11) is 0. The standard InChI is InChI=1S/C13H17F3N2O2S/c14-13(15,16)9-18(7-11-2-1-4-20-11)12(19)6-10-8-21-5-3-17-10/h1-2,4,10,17H,3,5-9H2. The van der Waals surface area contributed by atoms with Crippen LogP contribution in [0.3, 0.4) is 0 Å². The Labute approximate surface area is 125 Å². The van der Waals surface area contributed by atoms with Crippen LogP contribution >= 0.6 is 11.8 Å². The Morgan fingerprint density at radius 2 is 2.33 bits per heavy atom. The van der Waals surface area contributed by atoms with Crippen LogP contribution in [0.15, 0.2) is 22.8 Å². The summed E-state index contributed by atoms with van der Waals surface area (Å²) in [6.45, 7) is -0.641. The zero-order valence-corrected chi connectivity index (χ0v) is 12.2. The molecule has 1 aliphatic rings. The minimum Gasteiger partial charge on any atom is -0.467 e. The molecule has 0 spiro atoms. The third-order valence-corrected chi connectivity index (χ3v) is 4.20. The van der Waals surface area contributed by atoms with Crippen LogP contribution in [-0.2, 0) is 11.3 Å². The van der Waals surface area contributed by atoms with Crippen molar-refractivity contribution in [2.75, 3.05) is 24.6 Å². The van der Waals surface area contributed by atoms with Crippen LogP contribution in [0.25, 0.3) is 0 Å². The van der Waals surface area contributed by atoms with E-state index in [1.807, 2.05) is 0 Å².